The van der Waals surface area contributed by atoms with Gasteiger partial charge in [-0.05, 0) is 6.07 Å². The molecular formula is C7H5F2NO4. The van der Waals surface area contributed by atoms with Crippen LogP contribution in [0.25, 0.3) is 0 Å². The van der Waals surface area contributed by atoms with Crippen LogP contribution in [0.1, 0.15) is 22.5 Å². The summed E-state index contributed by atoms with van der Waals surface area (Å²) in [5, 5.41) is 17.4. The second kappa shape index (κ2) is 3.44. The van der Waals surface area contributed by atoms with Crippen LogP contribution in [0, 0.1) is 0 Å². The van der Waals surface area contributed by atoms with E-state index < -0.39 is 35.0 Å². The minimum absolute atomic E-state index is 0.437. The van der Waals surface area contributed by atoms with E-state index in [4.69, 9.17) is 10.2 Å². The van der Waals surface area contributed by atoms with Crippen molar-refractivity contribution in [2.45, 2.75) is 6.43 Å². The second-order valence-electron chi connectivity index (χ2n) is 2.42. The SMILES string of the molecule is O=C(O)c1[nH]c(=O)c(C(F)F)cc1O. The zero-order chi connectivity index (χ0) is 10.9. The maximum absolute atomic E-state index is 12.1. The first kappa shape index (κ1) is 10.2. The van der Waals surface area contributed by atoms with E-state index in [1.54, 1.807) is 4.98 Å². The quantitative estimate of drug-likeness (QED) is 0.663. The Labute approximate surface area is 75.6 Å². The van der Waals surface area contributed by atoms with Gasteiger partial charge in [0.2, 0.25) is 0 Å². The molecule has 0 amide bonds. The zero-order valence-corrected chi connectivity index (χ0v) is 6.62. The van der Waals surface area contributed by atoms with Crippen molar-refractivity contribution < 1.29 is 23.8 Å². The lowest BCUT2D eigenvalue weighted by Gasteiger charge is -2.02. The first-order valence-corrected chi connectivity index (χ1v) is 3.41. The van der Waals surface area contributed by atoms with Crippen LogP contribution in [-0.2, 0) is 0 Å². The average molecular weight is 205 g/mol. The van der Waals surface area contributed by atoms with Crippen molar-refractivity contribution in [2.75, 3.05) is 0 Å². The van der Waals surface area contributed by atoms with Crippen molar-refractivity contribution in [3.05, 3.63) is 27.7 Å². The number of halogens is 2. The molecule has 0 radical (unpaired) electrons. The summed E-state index contributed by atoms with van der Waals surface area (Å²) in [6, 6.07) is 0.437. The van der Waals surface area contributed by atoms with E-state index in [9.17, 15) is 18.4 Å². The molecule has 0 atom stereocenters. The van der Waals surface area contributed by atoms with Crippen molar-refractivity contribution in [3.8, 4) is 5.75 Å². The van der Waals surface area contributed by atoms with Gasteiger partial charge in [0.15, 0.2) is 5.69 Å². The number of aromatic carboxylic acids is 1. The van der Waals surface area contributed by atoms with Gasteiger partial charge in [0.1, 0.15) is 5.75 Å². The monoisotopic (exact) mass is 205 g/mol. The number of aromatic nitrogens is 1. The van der Waals surface area contributed by atoms with E-state index in [1.165, 1.54) is 0 Å². The lowest BCUT2D eigenvalue weighted by atomic mass is 10.2. The fourth-order valence-corrected chi connectivity index (χ4v) is 0.860. The Morgan fingerprint density at radius 3 is 2.50 bits per heavy atom. The predicted octanol–water partition coefficient (Wildman–Crippen LogP) is 0.716. The van der Waals surface area contributed by atoms with E-state index in [-0.39, 0.29) is 0 Å². The highest BCUT2D eigenvalue weighted by molar-refractivity contribution is 5.88. The van der Waals surface area contributed by atoms with Gasteiger partial charge in [-0.15, -0.1) is 0 Å². The Morgan fingerprint density at radius 1 is 1.50 bits per heavy atom. The molecule has 0 aromatic carbocycles. The van der Waals surface area contributed by atoms with Crippen LogP contribution >= 0.6 is 0 Å². The summed E-state index contributed by atoms with van der Waals surface area (Å²) in [6.07, 6.45) is -3.06. The van der Waals surface area contributed by atoms with Gasteiger partial charge in [-0.1, -0.05) is 0 Å². The highest BCUT2D eigenvalue weighted by Gasteiger charge is 2.18. The maximum Gasteiger partial charge on any atom is 0.356 e. The number of aromatic hydroxyl groups is 1. The lowest BCUT2D eigenvalue weighted by Crippen LogP contribution is -2.17. The Kier molecular flexibility index (Phi) is 2.50. The third-order valence-corrected chi connectivity index (χ3v) is 1.50. The normalized spacial score (nSPS) is 10.5. The number of alkyl halides is 2. The van der Waals surface area contributed by atoms with Crippen molar-refractivity contribution in [3.63, 3.8) is 0 Å². The molecule has 5 nitrogen and oxygen atoms in total. The van der Waals surface area contributed by atoms with Crippen molar-refractivity contribution in [1.29, 1.82) is 0 Å². The summed E-state index contributed by atoms with van der Waals surface area (Å²) in [6.45, 7) is 0. The summed E-state index contributed by atoms with van der Waals surface area (Å²) in [5.74, 6) is -2.49. The summed E-state index contributed by atoms with van der Waals surface area (Å²) >= 11 is 0. The number of H-pyrrole nitrogens is 1. The molecule has 1 heterocycles. The largest absolute Gasteiger partial charge is 0.505 e. The molecule has 0 unspecified atom stereocenters. The van der Waals surface area contributed by atoms with E-state index in [1.807, 2.05) is 0 Å². The van der Waals surface area contributed by atoms with Crippen molar-refractivity contribution >= 4 is 5.97 Å². The number of hydrogen-bond acceptors (Lipinski definition) is 3. The number of rotatable bonds is 2. The van der Waals surface area contributed by atoms with Crippen LogP contribution in [0.5, 0.6) is 5.75 Å². The van der Waals surface area contributed by atoms with Gasteiger partial charge in [-0.25, -0.2) is 13.6 Å². The van der Waals surface area contributed by atoms with Crippen molar-refractivity contribution in [1.82, 2.24) is 4.98 Å². The fourth-order valence-electron chi connectivity index (χ4n) is 0.860. The average Bonchev–Trinajstić information content (AvgIpc) is 2.07. The molecule has 0 saturated carbocycles. The van der Waals surface area contributed by atoms with Gasteiger partial charge in [0, 0.05) is 0 Å². The van der Waals surface area contributed by atoms with Crippen LogP contribution in [0.4, 0.5) is 8.78 Å². The lowest BCUT2D eigenvalue weighted by molar-refractivity contribution is 0.0685. The van der Waals surface area contributed by atoms with E-state index >= 15 is 0 Å². The molecule has 0 aliphatic rings. The molecule has 0 saturated heterocycles. The Balaban J connectivity index is 3.39. The number of carboxylic acids is 1. The minimum atomic E-state index is -3.06. The topological polar surface area (TPSA) is 90.4 Å². The highest BCUT2D eigenvalue weighted by Crippen LogP contribution is 2.20. The maximum atomic E-state index is 12.1. The highest BCUT2D eigenvalue weighted by atomic mass is 19.3. The predicted molar refractivity (Wildman–Crippen MR) is 40.6 cm³/mol. The summed E-state index contributed by atoms with van der Waals surface area (Å²) < 4.78 is 24.1. The molecule has 14 heavy (non-hydrogen) atoms. The molecular weight excluding hydrogens is 200 g/mol. The molecule has 76 valence electrons. The minimum Gasteiger partial charge on any atom is -0.505 e. The Bertz CT molecular complexity index is 426. The number of aromatic amines is 1. The zero-order valence-electron chi connectivity index (χ0n) is 6.62. The summed E-state index contributed by atoms with van der Waals surface area (Å²) in [4.78, 5) is 22.8. The first-order chi connectivity index (χ1) is 6.43. The van der Waals surface area contributed by atoms with Crippen LogP contribution < -0.4 is 5.56 Å². The molecule has 0 spiro atoms. The van der Waals surface area contributed by atoms with Gasteiger partial charge in [-0.3, -0.25) is 4.79 Å². The van der Waals surface area contributed by atoms with E-state index in [0.29, 0.717) is 6.07 Å². The van der Waals surface area contributed by atoms with E-state index in [2.05, 4.69) is 0 Å². The third kappa shape index (κ3) is 1.70. The van der Waals surface area contributed by atoms with Gasteiger partial charge in [0.25, 0.3) is 12.0 Å². The smallest absolute Gasteiger partial charge is 0.356 e. The number of carboxylic acid groups (broad SMARTS) is 1. The Morgan fingerprint density at radius 2 is 2.07 bits per heavy atom. The molecule has 3 N–H and O–H groups in total. The second-order valence-corrected chi connectivity index (χ2v) is 2.42. The van der Waals surface area contributed by atoms with Crippen LogP contribution in [0.2, 0.25) is 0 Å². The number of hydrogen-bond donors (Lipinski definition) is 3. The summed E-state index contributed by atoms with van der Waals surface area (Å²) in [5.41, 5.74) is -3.00. The molecule has 1 rings (SSSR count). The molecule has 0 bridgehead atoms. The first-order valence-electron chi connectivity index (χ1n) is 3.41. The van der Waals surface area contributed by atoms with Crippen LogP contribution in [0.15, 0.2) is 10.9 Å². The van der Waals surface area contributed by atoms with Gasteiger partial charge < -0.3 is 15.2 Å². The molecule has 0 fully saturated rings. The van der Waals surface area contributed by atoms with Gasteiger partial charge in [-0.2, -0.15) is 0 Å². The number of carbonyl (C=O) groups is 1. The number of nitrogens with one attached hydrogen (secondary N) is 1. The third-order valence-electron chi connectivity index (χ3n) is 1.50. The van der Waals surface area contributed by atoms with Gasteiger partial charge >= 0.3 is 5.97 Å². The molecule has 1 aromatic heterocycles. The molecule has 0 aliphatic carbocycles. The van der Waals surface area contributed by atoms with Crippen LogP contribution in [-0.4, -0.2) is 21.2 Å². The summed E-state index contributed by atoms with van der Waals surface area (Å²) in [7, 11) is 0. The van der Waals surface area contributed by atoms with Crippen molar-refractivity contribution in [2.24, 2.45) is 0 Å². The van der Waals surface area contributed by atoms with Gasteiger partial charge in [0.05, 0.1) is 5.56 Å². The standard InChI is InChI=1S/C7H5F2NO4/c8-5(9)2-1-3(11)4(7(13)14)10-6(2)12/h1,5,11H,(H,10,12)(H,13,14). The fraction of sp³-hybridized carbons (Fsp3) is 0.143. The number of pyridine rings is 1. The van der Waals surface area contributed by atoms with Crippen LogP contribution in [0.3, 0.4) is 0 Å². The van der Waals surface area contributed by atoms with E-state index in [0.717, 1.165) is 0 Å². The molecule has 7 heteroatoms. The molecule has 1 aromatic rings. The Hall–Kier alpha value is -1.92. The molecule has 0 aliphatic heterocycles.